The third kappa shape index (κ3) is 4.82. The van der Waals surface area contributed by atoms with Gasteiger partial charge in [-0.1, -0.05) is 42.5 Å². The quantitative estimate of drug-likeness (QED) is 0.861. The molecule has 0 saturated carbocycles. The molecule has 0 aliphatic rings. The number of hydrogen-bond acceptors (Lipinski definition) is 3. The fourth-order valence-electron chi connectivity index (χ4n) is 2.63. The molecule has 2 aromatic rings. The first-order chi connectivity index (χ1) is 11.7. The molecule has 1 unspecified atom stereocenters. The number of amides is 1. The Morgan fingerprint density at radius 1 is 1.08 bits per heavy atom. The molecule has 0 aliphatic carbocycles. The van der Waals surface area contributed by atoms with E-state index in [-0.39, 0.29) is 18.5 Å². The van der Waals surface area contributed by atoms with E-state index < -0.39 is 10.0 Å². The molecule has 0 radical (unpaired) electrons. The van der Waals surface area contributed by atoms with Crippen molar-refractivity contribution in [2.75, 3.05) is 17.1 Å². The highest BCUT2D eigenvalue weighted by Crippen LogP contribution is 2.24. The molecule has 0 aliphatic heterocycles. The molecule has 0 fully saturated rings. The molecule has 6 heteroatoms. The first kappa shape index (κ1) is 19.0. The monoisotopic (exact) mass is 360 g/mol. The van der Waals surface area contributed by atoms with Crippen LogP contribution in [0.2, 0.25) is 0 Å². The summed E-state index contributed by atoms with van der Waals surface area (Å²) in [5.41, 5.74) is 3.32. The predicted octanol–water partition coefficient (Wildman–Crippen LogP) is 2.95. The third-order valence-corrected chi connectivity index (χ3v) is 5.34. The van der Waals surface area contributed by atoms with Crippen LogP contribution in [0.4, 0.5) is 5.69 Å². The molecule has 0 bridgehead atoms. The number of aryl methyl sites for hydroxylation is 1. The van der Waals surface area contributed by atoms with Crippen molar-refractivity contribution in [2.24, 2.45) is 0 Å². The van der Waals surface area contributed by atoms with Crippen molar-refractivity contribution < 1.29 is 13.2 Å². The zero-order valence-corrected chi connectivity index (χ0v) is 15.8. The maximum atomic E-state index is 12.4. The van der Waals surface area contributed by atoms with E-state index >= 15 is 0 Å². The zero-order valence-electron chi connectivity index (χ0n) is 15.0. The normalized spacial score (nSPS) is 12.5. The van der Waals surface area contributed by atoms with Crippen LogP contribution in [0.3, 0.4) is 0 Å². The van der Waals surface area contributed by atoms with Crippen molar-refractivity contribution in [3.63, 3.8) is 0 Å². The number of anilines is 1. The molecule has 2 aromatic carbocycles. The number of rotatable bonds is 6. The number of carbonyl (C=O) groups excluding carboxylic acids is 1. The first-order valence-corrected chi connectivity index (χ1v) is 9.93. The summed E-state index contributed by atoms with van der Waals surface area (Å²) >= 11 is 0. The summed E-state index contributed by atoms with van der Waals surface area (Å²) in [4.78, 5) is 12.4. The van der Waals surface area contributed by atoms with Gasteiger partial charge in [0.2, 0.25) is 15.9 Å². The topological polar surface area (TPSA) is 66.5 Å². The Kier molecular flexibility index (Phi) is 5.85. The van der Waals surface area contributed by atoms with E-state index in [2.05, 4.69) is 5.32 Å². The van der Waals surface area contributed by atoms with Crippen LogP contribution in [0.1, 0.15) is 29.7 Å². The maximum Gasteiger partial charge on any atom is 0.241 e. The summed E-state index contributed by atoms with van der Waals surface area (Å²) < 4.78 is 25.6. The van der Waals surface area contributed by atoms with Gasteiger partial charge in [0, 0.05) is 0 Å². The van der Waals surface area contributed by atoms with E-state index in [1.165, 1.54) is 0 Å². The SMILES string of the molecule is Cc1cccc(N(CC(=O)NC(C)c2ccccc2)S(C)(=O)=O)c1C. The summed E-state index contributed by atoms with van der Waals surface area (Å²) in [6, 6.07) is 14.8. The highest BCUT2D eigenvalue weighted by Gasteiger charge is 2.23. The van der Waals surface area contributed by atoms with Gasteiger partial charge in [0.15, 0.2) is 0 Å². The molecule has 0 spiro atoms. The second-order valence-corrected chi connectivity index (χ2v) is 8.10. The first-order valence-electron chi connectivity index (χ1n) is 8.08. The Morgan fingerprint density at radius 3 is 2.32 bits per heavy atom. The van der Waals surface area contributed by atoms with Crippen LogP contribution < -0.4 is 9.62 Å². The van der Waals surface area contributed by atoms with E-state index in [0.29, 0.717) is 5.69 Å². The van der Waals surface area contributed by atoms with Crippen LogP contribution in [0.25, 0.3) is 0 Å². The van der Waals surface area contributed by atoms with Gasteiger partial charge < -0.3 is 5.32 Å². The number of nitrogens with one attached hydrogen (secondary N) is 1. The van der Waals surface area contributed by atoms with Crippen LogP contribution in [0.15, 0.2) is 48.5 Å². The Labute approximate surface area is 149 Å². The Morgan fingerprint density at radius 2 is 1.72 bits per heavy atom. The predicted molar refractivity (Wildman–Crippen MR) is 101 cm³/mol. The van der Waals surface area contributed by atoms with Gasteiger partial charge in [-0.15, -0.1) is 0 Å². The lowest BCUT2D eigenvalue weighted by atomic mass is 10.1. The lowest BCUT2D eigenvalue weighted by Gasteiger charge is -2.25. The molecule has 134 valence electrons. The van der Waals surface area contributed by atoms with Gasteiger partial charge in [0.1, 0.15) is 6.54 Å². The van der Waals surface area contributed by atoms with Crippen molar-refractivity contribution in [1.82, 2.24) is 5.32 Å². The molecular formula is C19H24N2O3S. The fraction of sp³-hybridized carbons (Fsp3) is 0.316. The van der Waals surface area contributed by atoms with Crippen molar-refractivity contribution in [3.05, 3.63) is 65.2 Å². The van der Waals surface area contributed by atoms with Crippen molar-refractivity contribution in [2.45, 2.75) is 26.8 Å². The fourth-order valence-corrected chi connectivity index (χ4v) is 3.54. The molecular weight excluding hydrogens is 336 g/mol. The van der Waals surface area contributed by atoms with E-state index in [0.717, 1.165) is 27.3 Å². The average Bonchev–Trinajstić information content (AvgIpc) is 2.55. The van der Waals surface area contributed by atoms with Crippen LogP contribution in [0.5, 0.6) is 0 Å². The minimum absolute atomic E-state index is 0.200. The maximum absolute atomic E-state index is 12.4. The highest BCUT2D eigenvalue weighted by atomic mass is 32.2. The van der Waals surface area contributed by atoms with Crippen LogP contribution in [-0.2, 0) is 14.8 Å². The van der Waals surface area contributed by atoms with E-state index in [4.69, 9.17) is 0 Å². The molecule has 1 N–H and O–H groups in total. The molecule has 2 rings (SSSR count). The highest BCUT2D eigenvalue weighted by molar-refractivity contribution is 7.92. The lowest BCUT2D eigenvalue weighted by molar-refractivity contribution is -0.120. The van der Waals surface area contributed by atoms with E-state index in [1.54, 1.807) is 12.1 Å². The Balaban J connectivity index is 2.21. The van der Waals surface area contributed by atoms with Crippen molar-refractivity contribution in [3.8, 4) is 0 Å². The molecule has 1 amide bonds. The van der Waals surface area contributed by atoms with E-state index in [9.17, 15) is 13.2 Å². The second-order valence-electron chi connectivity index (χ2n) is 6.19. The van der Waals surface area contributed by atoms with E-state index in [1.807, 2.05) is 57.2 Å². The minimum atomic E-state index is -3.58. The summed E-state index contributed by atoms with van der Waals surface area (Å²) in [6.45, 7) is 5.39. The Bertz CT molecular complexity index is 848. The largest absolute Gasteiger partial charge is 0.348 e. The summed E-state index contributed by atoms with van der Waals surface area (Å²) in [6.07, 6.45) is 1.11. The van der Waals surface area contributed by atoms with Gasteiger partial charge in [0.25, 0.3) is 0 Å². The summed E-state index contributed by atoms with van der Waals surface area (Å²) in [5, 5.41) is 2.86. The lowest BCUT2D eigenvalue weighted by Crippen LogP contribution is -2.41. The van der Waals surface area contributed by atoms with Gasteiger partial charge in [0.05, 0.1) is 18.0 Å². The number of sulfonamides is 1. The average molecular weight is 360 g/mol. The van der Waals surface area contributed by atoms with Crippen LogP contribution in [0, 0.1) is 13.8 Å². The number of nitrogens with zero attached hydrogens (tertiary/aromatic N) is 1. The van der Waals surface area contributed by atoms with Crippen LogP contribution in [-0.4, -0.2) is 27.1 Å². The number of hydrogen-bond donors (Lipinski definition) is 1. The molecule has 0 heterocycles. The standard InChI is InChI=1S/C19H24N2O3S/c1-14-9-8-12-18(15(14)2)21(25(4,23)24)13-19(22)20-16(3)17-10-6-5-7-11-17/h5-12,16H,13H2,1-4H3,(H,20,22). The molecule has 1 atom stereocenters. The number of benzene rings is 2. The molecule has 0 aromatic heterocycles. The van der Waals surface area contributed by atoms with Gasteiger partial charge in [-0.2, -0.15) is 0 Å². The summed E-state index contributed by atoms with van der Waals surface area (Å²) in [5.74, 6) is -0.345. The van der Waals surface area contributed by atoms with Gasteiger partial charge in [-0.05, 0) is 43.5 Å². The zero-order chi connectivity index (χ0) is 18.6. The molecule has 5 nitrogen and oxygen atoms in total. The van der Waals surface area contributed by atoms with Crippen molar-refractivity contribution in [1.29, 1.82) is 0 Å². The Hall–Kier alpha value is -2.34. The van der Waals surface area contributed by atoms with Gasteiger partial charge >= 0.3 is 0 Å². The smallest absolute Gasteiger partial charge is 0.241 e. The summed E-state index contributed by atoms with van der Waals surface area (Å²) in [7, 11) is -3.58. The van der Waals surface area contributed by atoms with Crippen molar-refractivity contribution >= 4 is 21.6 Å². The molecule has 0 saturated heterocycles. The second kappa shape index (κ2) is 7.70. The van der Waals surface area contributed by atoms with Gasteiger partial charge in [-0.25, -0.2) is 8.42 Å². The third-order valence-electron chi connectivity index (χ3n) is 4.21. The molecule has 25 heavy (non-hydrogen) atoms. The minimum Gasteiger partial charge on any atom is -0.348 e. The van der Waals surface area contributed by atoms with Gasteiger partial charge in [-0.3, -0.25) is 9.10 Å². The number of carbonyl (C=O) groups is 1. The van der Waals surface area contributed by atoms with Crippen LogP contribution >= 0.6 is 0 Å².